The van der Waals surface area contributed by atoms with E-state index in [1.165, 1.54) is 6.42 Å². The highest BCUT2D eigenvalue weighted by Gasteiger charge is 2.24. The second kappa shape index (κ2) is 7.39. The van der Waals surface area contributed by atoms with Gasteiger partial charge in [0.05, 0.1) is 11.3 Å². The molecule has 0 aliphatic carbocycles. The minimum absolute atomic E-state index is 0.224. The van der Waals surface area contributed by atoms with Gasteiger partial charge in [0.2, 0.25) is 0 Å². The standard InChI is InChI=1S/C20H24N2O2/c1-3-14-24-20(23)18-15-17(21-11-6-7-12-21)9-10-19(18)22-13-5-4-8-16(22)2/h3,6-7,9-12,15-16H,1,4-5,8,13-14H2,2H3/t16-/m0/s1. The molecule has 1 aromatic heterocycles. The first-order valence-electron chi connectivity index (χ1n) is 8.53. The predicted molar refractivity (Wildman–Crippen MR) is 96.9 cm³/mol. The molecule has 2 heterocycles. The van der Waals surface area contributed by atoms with E-state index < -0.39 is 0 Å². The summed E-state index contributed by atoms with van der Waals surface area (Å²) in [5, 5.41) is 0. The second-order valence-corrected chi connectivity index (χ2v) is 6.22. The SMILES string of the molecule is C=CCOC(=O)c1cc(-n2cccc2)ccc1N1CCCC[C@@H]1C. The Morgan fingerprint density at radius 3 is 2.83 bits per heavy atom. The lowest BCUT2D eigenvalue weighted by Gasteiger charge is -2.36. The number of hydrogen-bond donors (Lipinski definition) is 0. The van der Waals surface area contributed by atoms with E-state index in [9.17, 15) is 4.79 Å². The van der Waals surface area contributed by atoms with Gasteiger partial charge in [0.15, 0.2) is 0 Å². The van der Waals surface area contributed by atoms with Crippen LogP contribution in [0.5, 0.6) is 0 Å². The van der Waals surface area contributed by atoms with E-state index in [-0.39, 0.29) is 12.6 Å². The molecule has 0 bridgehead atoms. The normalized spacial score (nSPS) is 17.5. The van der Waals surface area contributed by atoms with Gasteiger partial charge < -0.3 is 14.2 Å². The lowest BCUT2D eigenvalue weighted by molar-refractivity contribution is 0.0550. The minimum Gasteiger partial charge on any atom is -0.458 e. The maximum absolute atomic E-state index is 12.6. The molecule has 0 radical (unpaired) electrons. The van der Waals surface area contributed by atoms with Crippen molar-refractivity contribution in [2.75, 3.05) is 18.1 Å². The molecule has 0 amide bonds. The number of anilines is 1. The Kier molecular flexibility index (Phi) is 5.04. The minimum atomic E-state index is -0.295. The third-order valence-corrected chi connectivity index (χ3v) is 4.55. The van der Waals surface area contributed by atoms with Gasteiger partial charge in [-0.1, -0.05) is 12.7 Å². The van der Waals surface area contributed by atoms with Gasteiger partial charge in [-0.2, -0.15) is 0 Å². The topological polar surface area (TPSA) is 34.5 Å². The number of piperidine rings is 1. The summed E-state index contributed by atoms with van der Waals surface area (Å²) in [6.07, 6.45) is 9.09. The Morgan fingerprint density at radius 1 is 1.33 bits per heavy atom. The molecule has 0 N–H and O–H groups in total. The van der Waals surface area contributed by atoms with Gasteiger partial charge in [-0.15, -0.1) is 0 Å². The van der Waals surface area contributed by atoms with Crippen LogP contribution in [0.25, 0.3) is 5.69 Å². The molecular weight excluding hydrogens is 300 g/mol. The fraction of sp³-hybridized carbons (Fsp3) is 0.350. The van der Waals surface area contributed by atoms with Gasteiger partial charge in [-0.25, -0.2) is 4.79 Å². The van der Waals surface area contributed by atoms with Crippen LogP contribution in [-0.4, -0.2) is 29.7 Å². The van der Waals surface area contributed by atoms with E-state index in [1.54, 1.807) is 6.08 Å². The van der Waals surface area contributed by atoms with Crippen molar-refractivity contribution in [2.24, 2.45) is 0 Å². The molecule has 1 atom stereocenters. The van der Waals surface area contributed by atoms with E-state index in [2.05, 4.69) is 24.5 Å². The third-order valence-electron chi connectivity index (χ3n) is 4.55. The molecule has 0 spiro atoms. The Labute approximate surface area is 143 Å². The number of benzene rings is 1. The molecule has 0 unspecified atom stereocenters. The molecule has 1 aromatic carbocycles. The molecule has 0 saturated carbocycles. The Balaban J connectivity index is 2.00. The van der Waals surface area contributed by atoms with Crippen LogP contribution in [0, 0.1) is 0 Å². The Morgan fingerprint density at radius 2 is 2.12 bits per heavy atom. The number of ether oxygens (including phenoxy) is 1. The molecular formula is C20H24N2O2. The van der Waals surface area contributed by atoms with Gasteiger partial charge in [-0.05, 0) is 56.5 Å². The van der Waals surface area contributed by atoms with Crippen LogP contribution in [0.4, 0.5) is 5.69 Å². The summed E-state index contributed by atoms with van der Waals surface area (Å²) in [5.74, 6) is -0.295. The van der Waals surface area contributed by atoms with E-state index in [4.69, 9.17) is 4.74 Å². The van der Waals surface area contributed by atoms with Gasteiger partial charge in [0.1, 0.15) is 6.61 Å². The average Bonchev–Trinajstić information content (AvgIpc) is 3.14. The van der Waals surface area contributed by atoms with Gasteiger partial charge in [-0.3, -0.25) is 0 Å². The molecule has 1 aliphatic rings. The Bertz CT molecular complexity index is 706. The lowest BCUT2D eigenvalue weighted by atomic mass is 10.0. The molecule has 1 aliphatic heterocycles. The van der Waals surface area contributed by atoms with Crippen molar-refractivity contribution in [1.29, 1.82) is 0 Å². The van der Waals surface area contributed by atoms with Crippen molar-refractivity contribution < 1.29 is 9.53 Å². The maximum Gasteiger partial charge on any atom is 0.340 e. The van der Waals surface area contributed by atoms with Crippen LogP contribution in [0.15, 0.2) is 55.4 Å². The number of esters is 1. The maximum atomic E-state index is 12.6. The second-order valence-electron chi connectivity index (χ2n) is 6.22. The van der Waals surface area contributed by atoms with Crippen molar-refractivity contribution >= 4 is 11.7 Å². The average molecular weight is 324 g/mol. The van der Waals surface area contributed by atoms with E-state index in [0.29, 0.717) is 11.6 Å². The lowest BCUT2D eigenvalue weighted by Crippen LogP contribution is -2.38. The van der Waals surface area contributed by atoms with E-state index >= 15 is 0 Å². The van der Waals surface area contributed by atoms with Crippen molar-refractivity contribution in [2.45, 2.75) is 32.2 Å². The molecule has 3 rings (SSSR count). The Hall–Kier alpha value is -2.49. The zero-order chi connectivity index (χ0) is 16.9. The van der Waals surface area contributed by atoms with Crippen molar-refractivity contribution in [3.8, 4) is 5.69 Å². The van der Waals surface area contributed by atoms with Crippen LogP contribution in [0.2, 0.25) is 0 Å². The summed E-state index contributed by atoms with van der Waals surface area (Å²) in [7, 11) is 0. The fourth-order valence-corrected chi connectivity index (χ4v) is 3.27. The summed E-state index contributed by atoms with van der Waals surface area (Å²) < 4.78 is 7.32. The largest absolute Gasteiger partial charge is 0.458 e. The van der Waals surface area contributed by atoms with Crippen molar-refractivity contribution in [3.63, 3.8) is 0 Å². The molecule has 1 fully saturated rings. The van der Waals surface area contributed by atoms with Gasteiger partial charge in [0, 0.05) is 30.7 Å². The quantitative estimate of drug-likeness (QED) is 0.611. The zero-order valence-corrected chi connectivity index (χ0v) is 14.1. The number of nitrogens with zero attached hydrogens (tertiary/aromatic N) is 2. The fourth-order valence-electron chi connectivity index (χ4n) is 3.27. The third kappa shape index (κ3) is 3.37. The molecule has 24 heavy (non-hydrogen) atoms. The highest BCUT2D eigenvalue weighted by Crippen LogP contribution is 2.30. The first-order valence-corrected chi connectivity index (χ1v) is 8.53. The van der Waals surface area contributed by atoms with Gasteiger partial charge >= 0.3 is 5.97 Å². The zero-order valence-electron chi connectivity index (χ0n) is 14.1. The smallest absolute Gasteiger partial charge is 0.340 e. The van der Waals surface area contributed by atoms with E-state index in [0.717, 1.165) is 30.8 Å². The highest BCUT2D eigenvalue weighted by molar-refractivity contribution is 5.96. The molecule has 126 valence electrons. The van der Waals surface area contributed by atoms with Crippen LogP contribution >= 0.6 is 0 Å². The summed E-state index contributed by atoms with van der Waals surface area (Å²) in [6.45, 7) is 7.04. The predicted octanol–water partition coefficient (Wildman–Crippen LogP) is 4.20. The van der Waals surface area contributed by atoms with Crippen LogP contribution < -0.4 is 4.90 Å². The summed E-state index contributed by atoms with van der Waals surface area (Å²) in [5.41, 5.74) is 2.54. The number of aromatic nitrogens is 1. The molecule has 1 saturated heterocycles. The molecule has 4 heteroatoms. The first kappa shape index (κ1) is 16.4. The first-order chi connectivity index (χ1) is 11.7. The highest BCUT2D eigenvalue weighted by atomic mass is 16.5. The van der Waals surface area contributed by atoms with E-state index in [1.807, 2.05) is 41.2 Å². The number of carbonyl (C=O) groups is 1. The number of carbonyl (C=O) groups excluding carboxylic acids is 1. The number of rotatable bonds is 5. The van der Waals surface area contributed by atoms with Crippen molar-refractivity contribution in [1.82, 2.24) is 4.57 Å². The summed E-state index contributed by atoms with van der Waals surface area (Å²) >= 11 is 0. The summed E-state index contributed by atoms with van der Waals surface area (Å²) in [6, 6.07) is 10.4. The summed E-state index contributed by atoms with van der Waals surface area (Å²) in [4.78, 5) is 14.9. The monoisotopic (exact) mass is 324 g/mol. The molecule has 2 aromatic rings. The van der Waals surface area contributed by atoms with Gasteiger partial charge in [0.25, 0.3) is 0 Å². The number of hydrogen-bond acceptors (Lipinski definition) is 3. The van der Waals surface area contributed by atoms with Crippen LogP contribution in [0.1, 0.15) is 36.5 Å². The van der Waals surface area contributed by atoms with Crippen LogP contribution in [-0.2, 0) is 4.74 Å². The van der Waals surface area contributed by atoms with Crippen molar-refractivity contribution in [3.05, 3.63) is 60.9 Å². The van der Waals surface area contributed by atoms with Crippen LogP contribution in [0.3, 0.4) is 0 Å². The molecule has 4 nitrogen and oxygen atoms in total.